The fourth-order valence-electron chi connectivity index (χ4n) is 4.51. The molecule has 10 heteroatoms. The maximum atomic E-state index is 14.4. The van der Waals surface area contributed by atoms with Gasteiger partial charge < -0.3 is 19.5 Å². The average molecular weight is 537 g/mol. The van der Waals surface area contributed by atoms with E-state index < -0.39 is 17.2 Å². The highest BCUT2D eigenvalue weighted by Gasteiger charge is 2.18. The third-order valence-corrected chi connectivity index (χ3v) is 6.76. The van der Waals surface area contributed by atoms with Gasteiger partial charge >= 0.3 is 0 Å². The second-order valence-corrected chi connectivity index (χ2v) is 9.44. The number of ether oxygens (including phenoxy) is 1. The van der Waals surface area contributed by atoms with Crippen molar-refractivity contribution >= 4 is 23.4 Å². The summed E-state index contributed by atoms with van der Waals surface area (Å²) in [7, 11) is 2.13. The van der Waals surface area contributed by atoms with E-state index in [1.807, 2.05) is 6.92 Å². The number of aromatic nitrogens is 2. The minimum atomic E-state index is -0.793. The Kier molecular flexibility index (Phi) is 9.21. The van der Waals surface area contributed by atoms with Crippen LogP contribution < -0.4 is 10.9 Å². The van der Waals surface area contributed by atoms with E-state index in [9.17, 15) is 13.6 Å². The monoisotopic (exact) mass is 536 g/mol. The first-order valence-electron chi connectivity index (χ1n) is 12.9. The molecule has 0 aliphatic carbocycles. The van der Waals surface area contributed by atoms with E-state index in [1.165, 1.54) is 16.7 Å². The second-order valence-electron chi connectivity index (χ2n) is 9.44. The van der Waals surface area contributed by atoms with Crippen molar-refractivity contribution in [3.63, 3.8) is 0 Å². The predicted octanol–water partition coefficient (Wildman–Crippen LogP) is 4.48. The van der Waals surface area contributed by atoms with Gasteiger partial charge in [0.1, 0.15) is 29.9 Å². The van der Waals surface area contributed by atoms with Crippen molar-refractivity contribution in [3.8, 4) is 11.1 Å². The van der Waals surface area contributed by atoms with E-state index in [-0.39, 0.29) is 11.1 Å². The third kappa shape index (κ3) is 6.76. The van der Waals surface area contributed by atoms with Crippen molar-refractivity contribution in [3.05, 3.63) is 82.2 Å². The summed E-state index contributed by atoms with van der Waals surface area (Å²) in [4.78, 5) is 26.4. The van der Waals surface area contributed by atoms with Gasteiger partial charge in [0.25, 0.3) is 5.56 Å². The Hall–Kier alpha value is -3.89. The zero-order valence-electron chi connectivity index (χ0n) is 22.6. The van der Waals surface area contributed by atoms with E-state index in [1.54, 1.807) is 31.3 Å². The molecule has 1 N–H and O–H groups in total. The summed E-state index contributed by atoms with van der Waals surface area (Å²) < 4.78 is 36.2. The molecule has 0 spiro atoms. The molecule has 0 bridgehead atoms. The molecule has 206 valence electrons. The molecular formula is C29H34F2N6O2. The van der Waals surface area contributed by atoms with Crippen LogP contribution in [0.5, 0.6) is 0 Å². The number of aliphatic imine (C=N–C) groups is 1. The molecule has 0 amide bonds. The normalized spacial score (nSPS) is 15.5. The fourth-order valence-corrected chi connectivity index (χ4v) is 4.51. The van der Waals surface area contributed by atoms with E-state index >= 15 is 0 Å². The number of fused-ring (bicyclic) bond motifs is 1. The molecule has 1 saturated heterocycles. The van der Waals surface area contributed by atoms with Crippen LogP contribution in [0.25, 0.3) is 22.0 Å². The van der Waals surface area contributed by atoms with Crippen LogP contribution in [0.3, 0.4) is 0 Å². The second kappa shape index (κ2) is 12.8. The third-order valence-electron chi connectivity index (χ3n) is 6.76. The SMILES string of the molecule is C=N/C(=C\C=C(/C)OCCN1CCN(C)CC1)Nc1cc2c(cn1)cc(-c1c(F)cccc1F)c(=O)n2CC. The highest BCUT2D eigenvalue weighted by atomic mass is 19.1. The van der Waals surface area contributed by atoms with Crippen molar-refractivity contribution < 1.29 is 13.5 Å². The molecule has 8 nitrogen and oxygen atoms in total. The van der Waals surface area contributed by atoms with E-state index in [4.69, 9.17) is 4.74 Å². The van der Waals surface area contributed by atoms with Gasteiger partial charge in [0.05, 0.1) is 22.4 Å². The zero-order valence-corrected chi connectivity index (χ0v) is 22.6. The standard InChI is InChI=1S/C29H34F2N6O2/c1-5-37-25-18-27(33-19-21(25)17-22(29(37)38)28-23(30)7-6-8-24(28)31)34-26(32-3)10-9-20(2)39-16-15-36-13-11-35(4)12-14-36/h6-10,17-19H,3,5,11-16H2,1-2,4H3,(H,33,34)/b20-9+,26-10+. The number of anilines is 1. The summed E-state index contributed by atoms with van der Waals surface area (Å²) in [5, 5.41) is 3.67. The number of nitrogens with one attached hydrogen (secondary N) is 1. The molecule has 0 saturated carbocycles. The number of hydrogen-bond donors (Lipinski definition) is 1. The molecular weight excluding hydrogens is 502 g/mol. The van der Waals surface area contributed by atoms with Gasteiger partial charge in [-0.15, -0.1) is 0 Å². The van der Waals surface area contributed by atoms with Crippen LogP contribution in [-0.2, 0) is 11.3 Å². The summed E-state index contributed by atoms with van der Waals surface area (Å²) in [6, 6.07) is 6.70. The highest BCUT2D eigenvalue weighted by Crippen LogP contribution is 2.27. The number of benzene rings is 1. The first kappa shape index (κ1) is 28.1. The molecule has 3 aromatic rings. The van der Waals surface area contributed by atoms with Gasteiger partial charge in [-0.2, -0.15) is 0 Å². The number of rotatable bonds is 10. The Morgan fingerprint density at radius 1 is 1.18 bits per heavy atom. The molecule has 3 heterocycles. The summed E-state index contributed by atoms with van der Waals surface area (Å²) in [6.45, 7) is 13.3. The molecule has 2 aromatic heterocycles. The van der Waals surface area contributed by atoms with Gasteiger partial charge in [-0.05, 0) is 58.0 Å². The van der Waals surface area contributed by atoms with Crippen LogP contribution in [0.4, 0.5) is 14.6 Å². The number of likely N-dealkylation sites (N-methyl/N-ethyl adjacent to an activating group) is 1. The van der Waals surface area contributed by atoms with E-state index in [2.05, 4.69) is 38.9 Å². The van der Waals surface area contributed by atoms with Crippen LogP contribution in [0.15, 0.2) is 70.0 Å². The van der Waals surface area contributed by atoms with E-state index in [0.717, 1.165) is 50.6 Å². The fraction of sp³-hybridized carbons (Fsp3) is 0.345. The number of nitrogens with zero attached hydrogens (tertiary/aromatic N) is 5. The number of aryl methyl sites for hydroxylation is 1. The Labute approximate surface area is 226 Å². The average Bonchev–Trinajstić information content (AvgIpc) is 2.92. The van der Waals surface area contributed by atoms with Crippen molar-refractivity contribution in [1.29, 1.82) is 0 Å². The van der Waals surface area contributed by atoms with Crippen molar-refractivity contribution in [2.24, 2.45) is 4.99 Å². The Bertz CT molecular complexity index is 1440. The lowest BCUT2D eigenvalue weighted by Gasteiger charge is -2.32. The number of allylic oxidation sites excluding steroid dienone is 3. The number of hydrogen-bond acceptors (Lipinski definition) is 7. The number of pyridine rings is 2. The first-order valence-corrected chi connectivity index (χ1v) is 12.9. The van der Waals surface area contributed by atoms with Crippen molar-refractivity contribution in [2.45, 2.75) is 20.4 Å². The molecule has 1 aliphatic heterocycles. The highest BCUT2D eigenvalue weighted by molar-refractivity contribution is 5.85. The summed E-state index contributed by atoms with van der Waals surface area (Å²) in [5.74, 6) is 0.0397. The van der Waals surface area contributed by atoms with Gasteiger partial charge in [0.15, 0.2) is 0 Å². The van der Waals surface area contributed by atoms with Gasteiger partial charge in [-0.1, -0.05) is 6.07 Å². The van der Waals surface area contributed by atoms with Crippen molar-refractivity contribution in [2.75, 3.05) is 51.7 Å². The van der Waals surface area contributed by atoms with Gasteiger partial charge in [-0.25, -0.2) is 18.8 Å². The quantitative estimate of drug-likeness (QED) is 0.234. The molecule has 4 rings (SSSR count). The van der Waals surface area contributed by atoms with Gasteiger partial charge in [0.2, 0.25) is 0 Å². The van der Waals surface area contributed by atoms with Crippen molar-refractivity contribution in [1.82, 2.24) is 19.4 Å². The molecule has 0 radical (unpaired) electrons. The van der Waals surface area contributed by atoms with Crippen LogP contribution in [0.1, 0.15) is 13.8 Å². The molecule has 0 unspecified atom stereocenters. The maximum absolute atomic E-state index is 14.4. The first-order chi connectivity index (χ1) is 18.8. The van der Waals surface area contributed by atoms with Crippen LogP contribution >= 0.6 is 0 Å². The molecule has 0 atom stereocenters. The smallest absolute Gasteiger partial charge is 0.259 e. The molecule has 1 fully saturated rings. The summed E-state index contributed by atoms with van der Waals surface area (Å²) in [5.41, 5.74) is -0.314. The van der Waals surface area contributed by atoms with Gasteiger partial charge in [-0.3, -0.25) is 9.69 Å². The number of piperazine rings is 1. The number of halogens is 2. The molecule has 1 aliphatic rings. The van der Waals surface area contributed by atoms with Gasteiger partial charge in [0, 0.05) is 56.9 Å². The maximum Gasteiger partial charge on any atom is 0.259 e. The topological polar surface area (TPSA) is 75.0 Å². The lowest BCUT2D eigenvalue weighted by molar-refractivity contribution is 0.113. The Morgan fingerprint density at radius 2 is 1.90 bits per heavy atom. The Morgan fingerprint density at radius 3 is 2.56 bits per heavy atom. The lowest BCUT2D eigenvalue weighted by Crippen LogP contribution is -2.45. The summed E-state index contributed by atoms with van der Waals surface area (Å²) >= 11 is 0. The zero-order chi connectivity index (χ0) is 27.9. The lowest BCUT2D eigenvalue weighted by atomic mass is 10.0. The van der Waals surface area contributed by atoms with E-state index in [0.29, 0.717) is 35.7 Å². The summed E-state index contributed by atoms with van der Waals surface area (Å²) in [6.07, 6.45) is 5.09. The molecule has 1 aromatic carbocycles. The van der Waals surface area contributed by atoms with Crippen LogP contribution in [0, 0.1) is 11.6 Å². The minimum absolute atomic E-state index is 0.0518. The Balaban J connectivity index is 1.50. The molecule has 39 heavy (non-hydrogen) atoms. The van der Waals surface area contributed by atoms with Crippen LogP contribution in [0.2, 0.25) is 0 Å². The van der Waals surface area contributed by atoms with Crippen LogP contribution in [-0.4, -0.2) is 72.4 Å². The largest absolute Gasteiger partial charge is 0.497 e. The minimum Gasteiger partial charge on any atom is -0.497 e. The predicted molar refractivity (Wildman–Crippen MR) is 152 cm³/mol.